The van der Waals surface area contributed by atoms with Gasteiger partial charge in [0.25, 0.3) is 0 Å². The van der Waals surface area contributed by atoms with Crippen LogP contribution in [0, 0.1) is 0 Å². The number of hydrogen-bond donors (Lipinski definition) is 3. The summed E-state index contributed by atoms with van der Waals surface area (Å²) in [5.74, 6) is 0. The summed E-state index contributed by atoms with van der Waals surface area (Å²) in [6, 6.07) is 0. The Bertz CT molecular complexity index is 95.0. The molecule has 0 heterocycles. The van der Waals surface area contributed by atoms with Gasteiger partial charge in [0, 0.05) is 18.9 Å². The van der Waals surface area contributed by atoms with E-state index in [0.717, 1.165) is 0 Å². The van der Waals surface area contributed by atoms with Crippen LogP contribution in [0.3, 0.4) is 0 Å². The molecule has 0 aromatic heterocycles. The zero-order valence-electron chi connectivity index (χ0n) is 5.93. The van der Waals surface area contributed by atoms with Crippen LogP contribution in [-0.4, -0.2) is 18.9 Å². The Kier molecular flexibility index (Phi) is 22.6. The second-order valence-electron chi connectivity index (χ2n) is 1.61. The third-order valence-electron chi connectivity index (χ3n) is 0.998. The van der Waals surface area contributed by atoms with Crippen molar-refractivity contribution >= 4 is 44.4 Å². The fourth-order valence-electron chi connectivity index (χ4n) is 0.224. The Morgan fingerprint density at radius 3 is 1.00 bits per heavy atom. The maximum atomic E-state index is 10.9. The van der Waals surface area contributed by atoms with E-state index in [9.17, 15) is 4.57 Å². The SMILES string of the molecule is Cl.Cl.Cl.NCP(=O)(CN)CN. The van der Waals surface area contributed by atoms with Gasteiger partial charge in [-0.2, -0.15) is 0 Å². The van der Waals surface area contributed by atoms with Gasteiger partial charge in [-0.15, -0.1) is 37.2 Å². The van der Waals surface area contributed by atoms with Gasteiger partial charge >= 0.3 is 0 Å². The molecule has 0 rings (SSSR count). The molecule has 0 aromatic carbocycles. The van der Waals surface area contributed by atoms with E-state index in [1.165, 1.54) is 0 Å². The van der Waals surface area contributed by atoms with E-state index >= 15 is 0 Å². The number of halogens is 3. The molecule has 0 aliphatic heterocycles. The summed E-state index contributed by atoms with van der Waals surface area (Å²) in [4.78, 5) is 0. The Balaban J connectivity index is -0.0000000817. The molecule has 0 saturated heterocycles. The summed E-state index contributed by atoms with van der Waals surface area (Å²) in [5, 5.41) is 0. The van der Waals surface area contributed by atoms with Crippen molar-refractivity contribution < 1.29 is 4.57 Å². The van der Waals surface area contributed by atoms with Gasteiger partial charge in [0.1, 0.15) is 7.14 Å². The van der Waals surface area contributed by atoms with Crippen LogP contribution in [-0.2, 0) is 4.57 Å². The first-order valence-electron chi connectivity index (χ1n) is 2.36. The maximum Gasteiger partial charge on any atom is 0.126 e. The van der Waals surface area contributed by atoms with Gasteiger partial charge in [-0.25, -0.2) is 0 Å². The van der Waals surface area contributed by atoms with Crippen LogP contribution in [0.15, 0.2) is 0 Å². The number of rotatable bonds is 3. The Morgan fingerprint density at radius 1 is 0.818 bits per heavy atom. The minimum absolute atomic E-state index is 0. The molecule has 0 radical (unpaired) electrons. The molecule has 0 aliphatic carbocycles. The molecule has 0 spiro atoms. The van der Waals surface area contributed by atoms with Crippen LogP contribution < -0.4 is 17.2 Å². The largest absolute Gasteiger partial charge is 0.324 e. The van der Waals surface area contributed by atoms with Crippen molar-refractivity contribution in [3.63, 3.8) is 0 Å². The maximum absolute atomic E-state index is 10.9. The minimum Gasteiger partial charge on any atom is -0.324 e. The molecule has 0 saturated carbocycles. The Morgan fingerprint density at radius 2 is 1.00 bits per heavy atom. The topological polar surface area (TPSA) is 95.1 Å². The third-order valence-corrected chi connectivity index (χ3v) is 2.99. The molecular weight excluding hydrogens is 231 g/mol. The first kappa shape index (κ1) is 22.7. The van der Waals surface area contributed by atoms with Crippen LogP contribution in [0.4, 0.5) is 0 Å². The van der Waals surface area contributed by atoms with Crippen molar-refractivity contribution in [2.75, 3.05) is 18.9 Å². The van der Waals surface area contributed by atoms with Crippen molar-refractivity contribution in [2.24, 2.45) is 17.2 Å². The van der Waals surface area contributed by atoms with E-state index in [-0.39, 0.29) is 56.1 Å². The highest BCUT2D eigenvalue weighted by molar-refractivity contribution is 7.63. The van der Waals surface area contributed by atoms with Gasteiger partial charge in [0.2, 0.25) is 0 Å². The summed E-state index contributed by atoms with van der Waals surface area (Å²) in [6.07, 6.45) is 0.375. The Hall–Kier alpha value is 0.980. The predicted molar refractivity (Wildman–Crippen MR) is 56.5 cm³/mol. The molecule has 0 unspecified atom stereocenters. The fraction of sp³-hybridized carbons (Fsp3) is 1.00. The highest BCUT2D eigenvalue weighted by Gasteiger charge is 2.13. The zero-order valence-corrected chi connectivity index (χ0v) is 9.28. The van der Waals surface area contributed by atoms with Crippen molar-refractivity contribution in [1.29, 1.82) is 0 Å². The van der Waals surface area contributed by atoms with Crippen molar-refractivity contribution in [3.8, 4) is 0 Å². The summed E-state index contributed by atoms with van der Waals surface area (Å²) in [7, 11) is -2.33. The molecule has 11 heavy (non-hydrogen) atoms. The summed E-state index contributed by atoms with van der Waals surface area (Å²) in [5.41, 5.74) is 15.3. The van der Waals surface area contributed by atoms with Crippen LogP contribution in [0.2, 0.25) is 0 Å². The average molecular weight is 247 g/mol. The van der Waals surface area contributed by atoms with Crippen LogP contribution in [0.5, 0.6) is 0 Å². The number of nitrogens with two attached hydrogens (primary N) is 3. The molecule has 0 aliphatic rings. The standard InChI is InChI=1S/C3H12N3OP.3ClH/c4-1-8(7,2-5)3-6;;;/h1-6H2;3*1H. The van der Waals surface area contributed by atoms with E-state index in [4.69, 9.17) is 17.2 Å². The minimum atomic E-state index is -2.33. The lowest BCUT2D eigenvalue weighted by atomic mass is 11.5. The molecule has 74 valence electrons. The Labute approximate surface area is 85.2 Å². The highest BCUT2D eigenvalue weighted by Crippen LogP contribution is 2.38. The smallest absolute Gasteiger partial charge is 0.126 e. The fourth-order valence-corrected chi connectivity index (χ4v) is 0.671. The molecule has 0 aromatic rings. The van der Waals surface area contributed by atoms with E-state index in [1.807, 2.05) is 0 Å². The second-order valence-corrected chi connectivity index (χ2v) is 4.82. The average Bonchev–Trinajstić information content (AvgIpc) is 1.87. The lowest BCUT2D eigenvalue weighted by Gasteiger charge is -2.08. The quantitative estimate of drug-likeness (QED) is 0.627. The van der Waals surface area contributed by atoms with Gasteiger partial charge in [-0.05, 0) is 0 Å². The second kappa shape index (κ2) is 11.0. The first-order chi connectivity index (χ1) is 3.68. The van der Waals surface area contributed by atoms with Crippen molar-refractivity contribution in [2.45, 2.75) is 0 Å². The van der Waals surface area contributed by atoms with E-state index in [2.05, 4.69) is 0 Å². The molecule has 0 amide bonds. The predicted octanol–water partition coefficient (Wildman–Crippen LogP) is 0.364. The molecule has 4 nitrogen and oxygen atoms in total. The highest BCUT2D eigenvalue weighted by atomic mass is 35.5. The first-order valence-corrected chi connectivity index (χ1v) is 4.62. The molecule has 0 bridgehead atoms. The van der Waals surface area contributed by atoms with Crippen molar-refractivity contribution in [1.82, 2.24) is 0 Å². The summed E-state index contributed by atoms with van der Waals surface area (Å²) >= 11 is 0. The number of hydrogen-bond acceptors (Lipinski definition) is 4. The van der Waals surface area contributed by atoms with E-state index in [1.54, 1.807) is 0 Å². The molecule has 0 atom stereocenters. The van der Waals surface area contributed by atoms with E-state index < -0.39 is 7.14 Å². The van der Waals surface area contributed by atoms with Gasteiger partial charge in [0.15, 0.2) is 0 Å². The monoisotopic (exact) mass is 245 g/mol. The van der Waals surface area contributed by atoms with Crippen LogP contribution in [0.1, 0.15) is 0 Å². The van der Waals surface area contributed by atoms with Crippen molar-refractivity contribution in [3.05, 3.63) is 0 Å². The van der Waals surface area contributed by atoms with Crippen LogP contribution in [0.25, 0.3) is 0 Å². The molecule has 8 heteroatoms. The van der Waals surface area contributed by atoms with Gasteiger partial charge in [0.05, 0.1) is 0 Å². The molecule has 0 fully saturated rings. The third kappa shape index (κ3) is 8.89. The van der Waals surface area contributed by atoms with E-state index in [0.29, 0.717) is 0 Å². The normalized spacial score (nSPS) is 8.64. The van der Waals surface area contributed by atoms with Crippen LogP contribution >= 0.6 is 44.4 Å². The van der Waals surface area contributed by atoms with Gasteiger partial charge < -0.3 is 21.8 Å². The molecule has 6 N–H and O–H groups in total. The summed E-state index contributed by atoms with van der Waals surface area (Å²) in [6.45, 7) is 0. The van der Waals surface area contributed by atoms with Gasteiger partial charge in [-0.3, -0.25) is 0 Å². The summed E-state index contributed by atoms with van der Waals surface area (Å²) < 4.78 is 10.9. The lowest BCUT2D eigenvalue weighted by molar-refractivity contribution is 0.575. The zero-order chi connectivity index (χ0) is 6.62. The molecular formula is C3H15Cl3N3OP. The lowest BCUT2D eigenvalue weighted by Crippen LogP contribution is -2.16. The van der Waals surface area contributed by atoms with Gasteiger partial charge in [-0.1, -0.05) is 0 Å².